The van der Waals surface area contributed by atoms with Gasteiger partial charge in [-0.25, -0.2) is 0 Å². The predicted molar refractivity (Wildman–Crippen MR) is 125 cm³/mol. The fourth-order valence-electron chi connectivity index (χ4n) is 4.67. The molecular formula is C27H39NO. The summed E-state index contributed by atoms with van der Waals surface area (Å²) < 4.78 is 6.25. The zero-order valence-electron chi connectivity index (χ0n) is 18.8. The number of benzene rings is 2. The summed E-state index contributed by atoms with van der Waals surface area (Å²) in [6.07, 6.45) is 9.75. The minimum atomic E-state index is 0.811. The molecular weight excluding hydrogens is 354 g/mol. The molecule has 0 unspecified atom stereocenters. The van der Waals surface area contributed by atoms with E-state index in [-0.39, 0.29) is 0 Å². The Labute approximate surface area is 178 Å². The van der Waals surface area contributed by atoms with Crippen molar-refractivity contribution < 1.29 is 4.74 Å². The lowest BCUT2D eigenvalue weighted by Gasteiger charge is -2.17. The van der Waals surface area contributed by atoms with Crippen molar-refractivity contribution in [1.82, 2.24) is 4.90 Å². The Balaban J connectivity index is 1.62. The third kappa shape index (κ3) is 5.85. The molecule has 2 heteroatoms. The van der Waals surface area contributed by atoms with Crippen LogP contribution in [0.3, 0.4) is 0 Å². The van der Waals surface area contributed by atoms with Crippen molar-refractivity contribution in [3.63, 3.8) is 0 Å². The lowest BCUT2D eigenvalue weighted by atomic mass is 9.90. The van der Waals surface area contributed by atoms with Crippen molar-refractivity contribution in [2.75, 3.05) is 26.2 Å². The highest BCUT2D eigenvalue weighted by atomic mass is 16.5. The molecule has 2 aromatic rings. The zero-order chi connectivity index (χ0) is 20.5. The Kier molecular flexibility index (Phi) is 8.61. The van der Waals surface area contributed by atoms with Crippen LogP contribution in [0.1, 0.15) is 69.6 Å². The van der Waals surface area contributed by atoms with Crippen molar-refractivity contribution in [2.24, 2.45) is 0 Å². The Bertz CT molecular complexity index is 736. The van der Waals surface area contributed by atoms with Gasteiger partial charge < -0.3 is 9.64 Å². The molecule has 0 radical (unpaired) electrons. The summed E-state index contributed by atoms with van der Waals surface area (Å²) in [6.45, 7) is 11.5. The molecule has 3 rings (SSSR count). The van der Waals surface area contributed by atoms with E-state index < -0.39 is 0 Å². The van der Waals surface area contributed by atoms with Crippen molar-refractivity contribution in [3.8, 4) is 16.9 Å². The maximum Gasteiger partial charge on any atom is 0.127 e. The predicted octanol–water partition coefficient (Wildman–Crippen LogP) is 6.69. The first kappa shape index (κ1) is 21.9. The molecule has 2 aromatic carbocycles. The molecule has 0 aromatic heterocycles. The van der Waals surface area contributed by atoms with Crippen LogP contribution in [0, 0.1) is 0 Å². The average molecular weight is 394 g/mol. The molecule has 1 aliphatic rings. The van der Waals surface area contributed by atoms with Gasteiger partial charge in [-0.1, -0.05) is 51.1 Å². The molecule has 158 valence electrons. The molecule has 1 saturated heterocycles. The number of para-hydroxylation sites is 1. The number of ether oxygens (including phenoxy) is 1. The van der Waals surface area contributed by atoms with Gasteiger partial charge in [0.05, 0.1) is 6.61 Å². The summed E-state index contributed by atoms with van der Waals surface area (Å²) in [5, 5.41) is 0. The number of aryl methyl sites for hydroxylation is 2. The molecule has 0 aliphatic carbocycles. The first-order valence-electron chi connectivity index (χ1n) is 11.9. The second kappa shape index (κ2) is 11.4. The van der Waals surface area contributed by atoms with Gasteiger partial charge in [0.15, 0.2) is 0 Å². The molecule has 1 fully saturated rings. The van der Waals surface area contributed by atoms with Crippen LogP contribution in [0.4, 0.5) is 0 Å². The zero-order valence-corrected chi connectivity index (χ0v) is 18.8. The van der Waals surface area contributed by atoms with E-state index in [1.54, 1.807) is 0 Å². The molecule has 1 heterocycles. The monoisotopic (exact) mass is 393 g/mol. The van der Waals surface area contributed by atoms with Crippen molar-refractivity contribution in [3.05, 3.63) is 53.1 Å². The van der Waals surface area contributed by atoms with Crippen LogP contribution in [0.2, 0.25) is 0 Å². The minimum Gasteiger partial charge on any atom is -0.493 e. The van der Waals surface area contributed by atoms with Gasteiger partial charge in [-0.2, -0.15) is 0 Å². The summed E-state index contributed by atoms with van der Waals surface area (Å²) in [4.78, 5) is 2.60. The Morgan fingerprint density at radius 1 is 0.828 bits per heavy atom. The summed E-state index contributed by atoms with van der Waals surface area (Å²) >= 11 is 0. The number of rotatable bonds is 11. The topological polar surface area (TPSA) is 12.5 Å². The van der Waals surface area contributed by atoms with Gasteiger partial charge in [0.25, 0.3) is 0 Å². The summed E-state index contributed by atoms with van der Waals surface area (Å²) in [5.74, 6) is 1.03. The highest BCUT2D eigenvalue weighted by Gasteiger charge is 2.12. The fraction of sp³-hybridized carbons (Fsp3) is 0.556. The van der Waals surface area contributed by atoms with Crippen molar-refractivity contribution in [2.45, 2.75) is 72.1 Å². The number of unbranched alkanes of at least 4 members (excludes halogenated alkanes) is 2. The smallest absolute Gasteiger partial charge is 0.127 e. The summed E-state index contributed by atoms with van der Waals surface area (Å²) in [6, 6.07) is 13.3. The van der Waals surface area contributed by atoms with E-state index in [0.29, 0.717) is 0 Å². The number of hydrogen-bond donors (Lipinski definition) is 0. The lowest BCUT2D eigenvalue weighted by Crippen LogP contribution is -2.20. The second-order valence-corrected chi connectivity index (χ2v) is 8.29. The molecule has 0 spiro atoms. The first-order valence-corrected chi connectivity index (χ1v) is 11.9. The quantitative estimate of drug-likeness (QED) is 0.395. The van der Waals surface area contributed by atoms with Crippen LogP contribution < -0.4 is 4.74 Å². The van der Waals surface area contributed by atoms with Crippen molar-refractivity contribution >= 4 is 0 Å². The normalized spacial score (nSPS) is 14.4. The van der Waals surface area contributed by atoms with E-state index in [4.69, 9.17) is 4.74 Å². The second-order valence-electron chi connectivity index (χ2n) is 8.29. The third-order valence-corrected chi connectivity index (χ3v) is 6.32. The van der Waals surface area contributed by atoms with E-state index >= 15 is 0 Å². The lowest BCUT2D eigenvalue weighted by molar-refractivity contribution is 0.291. The van der Waals surface area contributed by atoms with E-state index in [2.05, 4.69) is 62.1 Å². The largest absolute Gasteiger partial charge is 0.493 e. The Hall–Kier alpha value is -1.80. The van der Waals surface area contributed by atoms with Gasteiger partial charge in [-0.15, -0.1) is 0 Å². The minimum absolute atomic E-state index is 0.811. The van der Waals surface area contributed by atoms with Crippen LogP contribution in [0.25, 0.3) is 11.1 Å². The fourth-order valence-corrected chi connectivity index (χ4v) is 4.67. The van der Waals surface area contributed by atoms with Gasteiger partial charge in [0, 0.05) is 5.56 Å². The van der Waals surface area contributed by atoms with Gasteiger partial charge in [0.1, 0.15) is 5.75 Å². The maximum atomic E-state index is 6.25. The van der Waals surface area contributed by atoms with Gasteiger partial charge in [0.2, 0.25) is 0 Å². The Morgan fingerprint density at radius 3 is 2.17 bits per heavy atom. The van der Waals surface area contributed by atoms with Crippen LogP contribution >= 0.6 is 0 Å². The molecule has 0 amide bonds. The van der Waals surface area contributed by atoms with Crippen LogP contribution in [-0.2, 0) is 19.3 Å². The highest BCUT2D eigenvalue weighted by molar-refractivity contribution is 5.72. The van der Waals surface area contributed by atoms with E-state index in [1.807, 2.05) is 0 Å². The molecule has 0 bridgehead atoms. The molecule has 0 atom stereocenters. The van der Waals surface area contributed by atoms with Crippen LogP contribution in [0.15, 0.2) is 36.4 Å². The summed E-state index contributed by atoms with van der Waals surface area (Å²) in [5.41, 5.74) is 7.05. The van der Waals surface area contributed by atoms with Gasteiger partial charge in [-0.05, 0) is 99.3 Å². The average Bonchev–Trinajstić information content (AvgIpc) is 3.28. The standard InChI is InChI=1S/C27H39NO/c1-4-22-20-24(21-23(5-2)25(22)6-3)26-14-8-9-15-27(26)29-19-13-7-10-16-28-17-11-12-18-28/h8-9,14-15,20-21H,4-7,10-13,16-19H2,1-3H3. The molecule has 0 saturated carbocycles. The first-order chi connectivity index (χ1) is 14.3. The SMILES string of the molecule is CCc1cc(-c2ccccc2OCCCCCN2CCCC2)cc(CC)c1CC. The molecule has 2 nitrogen and oxygen atoms in total. The van der Waals surface area contributed by atoms with Crippen molar-refractivity contribution in [1.29, 1.82) is 0 Å². The molecule has 0 N–H and O–H groups in total. The van der Waals surface area contributed by atoms with E-state index in [9.17, 15) is 0 Å². The van der Waals surface area contributed by atoms with Crippen LogP contribution in [-0.4, -0.2) is 31.1 Å². The highest BCUT2D eigenvalue weighted by Crippen LogP contribution is 2.33. The Morgan fingerprint density at radius 2 is 1.52 bits per heavy atom. The van der Waals surface area contributed by atoms with Gasteiger partial charge >= 0.3 is 0 Å². The number of hydrogen-bond acceptors (Lipinski definition) is 2. The molecule has 29 heavy (non-hydrogen) atoms. The third-order valence-electron chi connectivity index (χ3n) is 6.32. The number of likely N-dealkylation sites (tertiary alicyclic amines) is 1. The van der Waals surface area contributed by atoms with Crippen LogP contribution in [0.5, 0.6) is 5.75 Å². The van der Waals surface area contributed by atoms with E-state index in [0.717, 1.165) is 38.0 Å². The molecule has 1 aliphatic heterocycles. The number of nitrogens with zero attached hydrogens (tertiary/aromatic N) is 1. The van der Waals surface area contributed by atoms with Gasteiger partial charge in [-0.3, -0.25) is 0 Å². The summed E-state index contributed by atoms with van der Waals surface area (Å²) in [7, 11) is 0. The van der Waals surface area contributed by atoms with E-state index in [1.165, 1.54) is 73.1 Å². The maximum absolute atomic E-state index is 6.25.